The van der Waals surface area contributed by atoms with Crippen LogP contribution in [0.5, 0.6) is 0 Å². The second-order valence-electron chi connectivity index (χ2n) is 2.61. The lowest BCUT2D eigenvalue weighted by Crippen LogP contribution is -1.77. The maximum atomic E-state index is 6.71. The summed E-state index contributed by atoms with van der Waals surface area (Å²) in [5.41, 5.74) is 8.63. The van der Waals surface area contributed by atoms with Crippen molar-refractivity contribution in [3.63, 3.8) is 0 Å². The molecule has 1 heterocycles. The second kappa shape index (κ2) is 2.77. The molecule has 1 aromatic heterocycles. The molecule has 0 amide bonds. The molecule has 60 valence electrons. The van der Waals surface area contributed by atoms with E-state index in [2.05, 4.69) is 5.11 Å². The highest BCUT2D eigenvalue weighted by Gasteiger charge is 1.97. The minimum atomic E-state index is 0.446. The lowest BCUT2D eigenvalue weighted by atomic mass is 10.2. The number of nitrogens with one attached hydrogen (secondary N) is 1. The van der Waals surface area contributed by atoms with Crippen LogP contribution in [0.3, 0.4) is 0 Å². The quantitative estimate of drug-likeness (QED) is 0.674. The van der Waals surface area contributed by atoms with Gasteiger partial charge in [-0.2, -0.15) is 5.11 Å². The van der Waals surface area contributed by atoms with Crippen molar-refractivity contribution in [2.24, 2.45) is 5.11 Å². The zero-order chi connectivity index (χ0) is 8.39. The van der Waals surface area contributed by atoms with Gasteiger partial charge in [-0.15, -0.1) is 0 Å². The summed E-state index contributed by atoms with van der Waals surface area (Å²) in [6.45, 7) is 0.446. The standard InChI is InChI=1S/C9H8N2O/c10-11-6-7-1-2-9-8(5-7)3-4-12-9/h1-5,10H,6H2. The molecule has 0 aliphatic rings. The number of hydrogen-bond acceptors (Lipinski definition) is 3. The van der Waals surface area contributed by atoms with E-state index in [9.17, 15) is 0 Å². The van der Waals surface area contributed by atoms with Crippen LogP contribution in [-0.4, -0.2) is 0 Å². The minimum Gasteiger partial charge on any atom is -0.464 e. The molecule has 1 N–H and O–H groups in total. The molecule has 0 aliphatic carbocycles. The first-order valence-electron chi connectivity index (χ1n) is 3.69. The normalized spacial score (nSPS) is 10.3. The molecule has 0 aliphatic heterocycles. The van der Waals surface area contributed by atoms with Gasteiger partial charge in [-0.05, 0) is 23.8 Å². The Bertz CT molecular complexity index is 406. The molecule has 0 saturated carbocycles. The zero-order valence-corrected chi connectivity index (χ0v) is 6.45. The van der Waals surface area contributed by atoms with Gasteiger partial charge in [0.15, 0.2) is 0 Å². The maximum absolute atomic E-state index is 6.71. The third-order valence-corrected chi connectivity index (χ3v) is 1.78. The Kier molecular flexibility index (Phi) is 1.63. The van der Waals surface area contributed by atoms with E-state index in [1.165, 1.54) is 0 Å². The average molecular weight is 160 g/mol. The van der Waals surface area contributed by atoms with Crippen LogP contribution < -0.4 is 0 Å². The topological polar surface area (TPSA) is 49.4 Å². The van der Waals surface area contributed by atoms with Crippen molar-refractivity contribution in [1.82, 2.24) is 0 Å². The SMILES string of the molecule is N=NCc1ccc2occc2c1. The Morgan fingerprint density at radius 1 is 1.33 bits per heavy atom. The third kappa shape index (κ3) is 1.09. The predicted molar refractivity (Wildman–Crippen MR) is 45.1 cm³/mol. The highest BCUT2D eigenvalue weighted by atomic mass is 16.3. The molecule has 3 heteroatoms. The van der Waals surface area contributed by atoms with Crippen molar-refractivity contribution in [2.75, 3.05) is 0 Å². The Morgan fingerprint density at radius 2 is 2.25 bits per heavy atom. The van der Waals surface area contributed by atoms with Crippen LogP contribution in [0.15, 0.2) is 40.1 Å². The molecule has 3 nitrogen and oxygen atoms in total. The fraction of sp³-hybridized carbons (Fsp3) is 0.111. The van der Waals surface area contributed by atoms with Gasteiger partial charge in [0.05, 0.1) is 12.8 Å². The van der Waals surface area contributed by atoms with Crippen LogP contribution in [-0.2, 0) is 6.54 Å². The van der Waals surface area contributed by atoms with Crippen LogP contribution in [0.1, 0.15) is 5.56 Å². The van der Waals surface area contributed by atoms with Crippen LogP contribution >= 0.6 is 0 Å². The first kappa shape index (κ1) is 7.03. The Labute approximate surface area is 69.5 Å². The predicted octanol–water partition coefficient (Wildman–Crippen LogP) is 2.96. The van der Waals surface area contributed by atoms with Gasteiger partial charge in [-0.1, -0.05) is 6.07 Å². The minimum absolute atomic E-state index is 0.446. The van der Waals surface area contributed by atoms with Gasteiger partial charge in [0.2, 0.25) is 0 Å². The fourth-order valence-corrected chi connectivity index (χ4v) is 1.21. The summed E-state index contributed by atoms with van der Waals surface area (Å²) in [4.78, 5) is 0. The largest absolute Gasteiger partial charge is 0.464 e. The average Bonchev–Trinajstić information content (AvgIpc) is 2.51. The number of rotatable bonds is 2. The molecule has 0 unspecified atom stereocenters. The van der Waals surface area contributed by atoms with Gasteiger partial charge in [0, 0.05) is 5.39 Å². The summed E-state index contributed by atoms with van der Waals surface area (Å²) >= 11 is 0. The van der Waals surface area contributed by atoms with Gasteiger partial charge in [0.1, 0.15) is 5.58 Å². The van der Waals surface area contributed by atoms with Gasteiger partial charge < -0.3 is 4.42 Å². The van der Waals surface area contributed by atoms with Gasteiger partial charge in [-0.3, -0.25) is 0 Å². The molecule has 0 atom stereocenters. The lowest BCUT2D eigenvalue weighted by molar-refractivity contribution is 0.616. The number of benzene rings is 1. The molecular formula is C9H8N2O. The van der Waals surface area contributed by atoms with E-state index in [1.54, 1.807) is 6.26 Å². The van der Waals surface area contributed by atoms with Crippen LogP contribution in [0.4, 0.5) is 0 Å². The van der Waals surface area contributed by atoms with Crippen molar-refractivity contribution in [1.29, 1.82) is 5.53 Å². The van der Waals surface area contributed by atoms with Crippen molar-refractivity contribution >= 4 is 11.0 Å². The number of furan rings is 1. The summed E-state index contributed by atoms with van der Waals surface area (Å²) < 4.78 is 5.17. The first-order chi connectivity index (χ1) is 5.90. The molecule has 2 aromatic rings. The van der Waals surface area contributed by atoms with E-state index in [0.717, 1.165) is 16.5 Å². The number of hydrogen-bond donors (Lipinski definition) is 1. The summed E-state index contributed by atoms with van der Waals surface area (Å²) in [6.07, 6.45) is 1.66. The van der Waals surface area contributed by atoms with Crippen LogP contribution in [0.2, 0.25) is 0 Å². The summed E-state index contributed by atoms with van der Waals surface area (Å²) in [5, 5.41) is 4.38. The highest BCUT2D eigenvalue weighted by molar-refractivity contribution is 5.77. The first-order valence-corrected chi connectivity index (χ1v) is 3.69. The van der Waals surface area contributed by atoms with Crippen LogP contribution in [0.25, 0.3) is 11.0 Å². The third-order valence-electron chi connectivity index (χ3n) is 1.78. The molecule has 0 spiro atoms. The molecule has 2 rings (SSSR count). The molecule has 0 saturated heterocycles. The van der Waals surface area contributed by atoms with Gasteiger partial charge >= 0.3 is 0 Å². The van der Waals surface area contributed by atoms with E-state index in [4.69, 9.17) is 9.95 Å². The highest BCUT2D eigenvalue weighted by Crippen LogP contribution is 2.17. The number of nitrogens with zero attached hydrogens (tertiary/aromatic N) is 1. The maximum Gasteiger partial charge on any atom is 0.133 e. The van der Waals surface area contributed by atoms with E-state index >= 15 is 0 Å². The molecule has 0 fully saturated rings. The smallest absolute Gasteiger partial charge is 0.133 e. The molecular weight excluding hydrogens is 152 g/mol. The van der Waals surface area contributed by atoms with Crippen molar-refractivity contribution < 1.29 is 4.42 Å². The second-order valence-corrected chi connectivity index (χ2v) is 2.61. The Morgan fingerprint density at radius 3 is 3.08 bits per heavy atom. The van der Waals surface area contributed by atoms with E-state index in [0.29, 0.717) is 6.54 Å². The van der Waals surface area contributed by atoms with Gasteiger partial charge in [0.25, 0.3) is 0 Å². The Hall–Kier alpha value is -1.64. The molecule has 0 radical (unpaired) electrons. The summed E-state index contributed by atoms with van der Waals surface area (Å²) in [5.74, 6) is 0. The fourth-order valence-electron chi connectivity index (χ4n) is 1.21. The zero-order valence-electron chi connectivity index (χ0n) is 6.45. The molecule has 0 bridgehead atoms. The van der Waals surface area contributed by atoms with Crippen molar-refractivity contribution in [2.45, 2.75) is 6.54 Å². The van der Waals surface area contributed by atoms with E-state index in [1.807, 2.05) is 24.3 Å². The monoisotopic (exact) mass is 160 g/mol. The van der Waals surface area contributed by atoms with Crippen LogP contribution in [0, 0.1) is 5.53 Å². The van der Waals surface area contributed by atoms with Gasteiger partial charge in [-0.25, -0.2) is 5.53 Å². The van der Waals surface area contributed by atoms with Crippen molar-refractivity contribution in [3.8, 4) is 0 Å². The van der Waals surface area contributed by atoms with E-state index in [-0.39, 0.29) is 0 Å². The molecule has 1 aromatic carbocycles. The Balaban J connectivity index is 2.52. The lowest BCUT2D eigenvalue weighted by Gasteiger charge is -1.93. The van der Waals surface area contributed by atoms with E-state index < -0.39 is 0 Å². The van der Waals surface area contributed by atoms with Crippen molar-refractivity contribution in [3.05, 3.63) is 36.1 Å². The number of fused-ring (bicyclic) bond motifs is 1. The summed E-state index contributed by atoms with van der Waals surface area (Å²) in [7, 11) is 0. The summed E-state index contributed by atoms with van der Waals surface area (Å²) in [6, 6.07) is 7.71. The molecule has 12 heavy (non-hydrogen) atoms.